The Morgan fingerprint density at radius 1 is 1.32 bits per heavy atom. The molecule has 6 nitrogen and oxygen atoms in total. The molecule has 0 N–H and O–H groups in total. The number of morpholine rings is 1. The van der Waals surface area contributed by atoms with E-state index in [0.717, 1.165) is 31.0 Å². The van der Waals surface area contributed by atoms with Crippen LogP contribution in [0.1, 0.15) is 17.5 Å². The average molecular weight is 298 g/mol. The number of hydrogen-bond acceptors (Lipinski definition) is 5. The molecule has 0 radical (unpaired) electrons. The van der Waals surface area contributed by atoms with Gasteiger partial charge in [-0.05, 0) is 6.07 Å². The van der Waals surface area contributed by atoms with Crippen LogP contribution in [0.15, 0.2) is 41.3 Å². The molecular weight excluding hydrogens is 280 g/mol. The van der Waals surface area contributed by atoms with Crippen molar-refractivity contribution in [2.45, 2.75) is 12.6 Å². The summed E-state index contributed by atoms with van der Waals surface area (Å²) in [4.78, 5) is 2.38. The van der Waals surface area contributed by atoms with E-state index in [4.69, 9.17) is 9.15 Å². The van der Waals surface area contributed by atoms with Gasteiger partial charge >= 0.3 is 0 Å². The van der Waals surface area contributed by atoms with Crippen molar-refractivity contribution in [1.82, 2.24) is 19.7 Å². The number of aromatic nitrogens is 3. The lowest BCUT2D eigenvalue weighted by atomic mass is 10.1. The Kier molecular flexibility index (Phi) is 3.40. The molecule has 2 aromatic heterocycles. The van der Waals surface area contributed by atoms with Crippen molar-refractivity contribution in [1.29, 1.82) is 0 Å². The summed E-state index contributed by atoms with van der Waals surface area (Å²) < 4.78 is 13.4. The van der Waals surface area contributed by atoms with Crippen molar-refractivity contribution in [3.8, 4) is 0 Å². The number of rotatable bonds is 3. The van der Waals surface area contributed by atoms with Gasteiger partial charge in [0, 0.05) is 37.6 Å². The molecule has 114 valence electrons. The summed E-state index contributed by atoms with van der Waals surface area (Å²) in [6.45, 7) is 3.28. The van der Waals surface area contributed by atoms with E-state index in [0.29, 0.717) is 6.61 Å². The maximum absolute atomic E-state index is 5.85. The summed E-state index contributed by atoms with van der Waals surface area (Å²) in [5.74, 6) is 0.877. The third-order valence-electron chi connectivity index (χ3n) is 4.14. The third kappa shape index (κ3) is 2.40. The highest BCUT2D eigenvalue weighted by Gasteiger charge is 2.26. The molecule has 6 heteroatoms. The smallest absolute Gasteiger partial charge is 0.163 e. The van der Waals surface area contributed by atoms with E-state index in [-0.39, 0.29) is 6.10 Å². The molecule has 0 amide bonds. The lowest BCUT2D eigenvalue weighted by molar-refractivity contribution is -0.0385. The van der Waals surface area contributed by atoms with Crippen LogP contribution >= 0.6 is 0 Å². The van der Waals surface area contributed by atoms with Crippen molar-refractivity contribution < 1.29 is 9.15 Å². The third-order valence-corrected chi connectivity index (χ3v) is 4.14. The standard InChI is InChI=1S/C16H18N4O2/c1-19-11-17-18-16(19)15-9-20(6-7-21-15)8-12-10-22-14-5-3-2-4-13(12)14/h2-5,10-11,15H,6-9H2,1H3/t15-/m0/s1. The Morgan fingerprint density at radius 2 is 2.23 bits per heavy atom. The van der Waals surface area contributed by atoms with Gasteiger partial charge in [-0.3, -0.25) is 4.90 Å². The van der Waals surface area contributed by atoms with Gasteiger partial charge < -0.3 is 13.7 Å². The van der Waals surface area contributed by atoms with Gasteiger partial charge in [0.15, 0.2) is 5.82 Å². The summed E-state index contributed by atoms with van der Waals surface area (Å²) in [5, 5.41) is 9.29. The van der Waals surface area contributed by atoms with E-state index in [9.17, 15) is 0 Å². The second-order valence-electron chi connectivity index (χ2n) is 5.65. The highest BCUT2D eigenvalue weighted by Crippen LogP contribution is 2.25. The van der Waals surface area contributed by atoms with E-state index in [2.05, 4.69) is 21.2 Å². The largest absolute Gasteiger partial charge is 0.464 e. The van der Waals surface area contributed by atoms with Crippen molar-refractivity contribution in [3.05, 3.63) is 48.2 Å². The van der Waals surface area contributed by atoms with Crippen molar-refractivity contribution in [2.75, 3.05) is 19.7 Å². The Morgan fingerprint density at radius 3 is 3.09 bits per heavy atom. The number of nitrogens with zero attached hydrogens (tertiary/aromatic N) is 4. The summed E-state index contributed by atoms with van der Waals surface area (Å²) in [6.07, 6.45) is 3.54. The summed E-state index contributed by atoms with van der Waals surface area (Å²) in [7, 11) is 1.95. The molecule has 1 aromatic carbocycles. The maximum Gasteiger partial charge on any atom is 0.163 e. The number of fused-ring (bicyclic) bond motifs is 1. The number of para-hydroxylation sites is 1. The molecular formula is C16H18N4O2. The molecule has 0 unspecified atom stereocenters. The van der Waals surface area contributed by atoms with Crippen molar-refractivity contribution >= 4 is 11.0 Å². The van der Waals surface area contributed by atoms with E-state index in [1.54, 1.807) is 6.33 Å². The fraction of sp³-hybridized carbons (Fsp3) is 0.375. The predicted molar refractivity (Wildman–Crippen MR) is 81.2 cm³/mol. The van der Waals surface area contributed by atoms with Gasteiger partial charge in [0.25, 0.3) is 0 Å². The highest BCUT2D eigenvalue weighted by molar-refractivity contribution is 5.80. The minimum atomic E-state index is -0.0283. The zero-order chi connectivity index (χ0) is 14.9. The summed E-state index contributed by atoms with van der Waals surface area (Å²) >= 11 is 0. The molecule has 1 fully saturated rings. The van der Waals surface area contributed by atoms with E-state index >= 15 is 0 Å². The van der Waals surface area contributed by atoms with Crippen LogP contribution in [-0.4, -0.2) is 39.4 Å². The lowest BCUT2D eigenvalue weighted by Gasteiger charge is -2.32. The van der Waals surface area contributed by atoms with E-state index in [1.807, 2.05) is 36.1 Å². The number of aryl methyl sites for hydroxylation is 1. The molecule has 22 heavy (non-hydrogen) atoms. The highest BCUT2D eigenvalue weighted by atomic mass is 16.5. The van der Waals surface area contributed by atoms with Crippen molar-refractivity contribution in [2.24, 2.45) is 7.05 Å². The first-order valence-electron chi connectivity index (χ1n) is 7.44. The van der Waals surface area contributed by atoms with Crippen molar-refractivity contribution in [3.63, 3.8) is 0 Å². The molecule has 0 saturated carbocycles. The van der Waals surface area contributed by atoms with Crippen LogP contribution < -0.4 is 0 Å². The minimum Gasteiger partial charge on any atom is -0.464 e. The number of benzene rings is 1. The van der Waals surface area contributed by atoms with E-state index < -0.39 is 0 Å². The van der Waals surface area contributed by atoms with Crippen LogP contribution in [0.2, 0.25) is 0 Å². The van der Waals surface area contributed by atoms with Crippen LogP contribution in [-0.2, 0) is 18.3 Å². The first kappa shape index (κ1) is 13.5. The topological polar surface area (TPSA) is 56.3 Å². The first-order valence-corrected chi connectivity index (χ1v) is 7.44. The van der Waals surface area contributed by atoms with Gasteiger partial charge in [0.1, 0.15) is 18.0 Å². The van der Waals surface area contributed by atoms with Gasteiger partial charge in [0.05, 0.1) is 12.9 Å². The van der Waals surface area contributed by atoms with Crippen LogP contribution in [0.3, 0.4) is 0 Å². The second kappa shape index (κ2) is 5.55. The van der Waals surface area contributed by atoms with Gasteiger partial charge in [-0.15, -0.1) is 10.2 Å². The lowest BCUT2D eigenvalue weighted by Crippen LogP contribution is -2.38. The van der Waals surface area contributed by atoms with E-state index in [1.165, 1.54) is 10.9 Å². The summed E-state index contributed by atoms with van der Waals surface area (Å²) in [6, 6.07) is 8.15. The van der Waals surface area contributed by atoms with Crippen LogP contribution in [0.4, 0.5) is 0 Å². The Bertz CT molecular complexity index is 779. The molecule has 0 spiro atoms. The Hall–Kier alpha value is -2.18. The predicted octanol–water partition coefficient (Wildman–Crippen LogP) is 2.13. The number of furan rings is 1. The molecule has 1 aliphatic rings. The molecule has 1 saturated heterocycles. The van der Waals surface area contributed by atoms with Crippen LogP contribution in [0.5, 0.6) is 0 Å². The minimum absolute atomic E-state index is 0.0283. The van der Waals surface area contributed by atoms with Crippen LogP contribution in [0, 0.1) is 0 Å². The normalized spacial score (nSPS) is 19.8. The quantitative estimate of drug-likeness (QED) is 0.741. The maximum atomic E-state index is 5.85. The fourth-order valence-electron chi connectivity index (χ4n) is 2.98. The number of hydrogen-bond donors (Lipinski definition) is 0. The SMILES string of the molecule is Cn1cnnc1[C@@H]1CN(Cc2coc3ccccc23)CCO1. The Labute approximate surface area is 128 Å². The fourth-order valence-corrected chi connectivity index (χ4v) is 2.98. The molecule has 0 aliphatic carbocycles. The van der Waals surface area contributed by atoms with Gasteiger partial charge in [-0.1, -0.05) is 18.2 Å². The molecule has 0 bridgehead atoms. The zero-order valence-electron chi connectivity index (χ0n) is 12.5. The molecule has 4 rings (SSSR count). The molecule has 1 aliphatic heterocycles. The van der Waals surface area contributed by atoms with Gasteiger partial charge in [-0.25, -0.2) is 0 Å². The zero-order valence-corrected chi connectivity index (χ0v) is 12.5. The molecule has 3 aromatic rings. The molecule has 3 heterocycles. The van der Waals surface area contributed by atoms with Gasteiger partial charge in [-0.2, -0.15) is 0 Å². The summed E-state index contributed by atoms with van der Waals surface area (Å²) in [5.41, 5.74) is 2.16. The number of ether oxygens (including phenoxy) is 1. The second-order valence-corrected chi connectivity index (χ2v) is 5.65. The van der Waals surface area contributed by atoms with Crippen LogP contribution in [0.25, 0.3) is 11.0 Å². The Balaban J connectivity index is 1.52. The monoisotopic (exact) mass is 298 g/mol. The first-order chi connectivity index (χ1) is 10.8. The van der Waals surface area contributed by atoms with Gasteiger partial charge in [0.2, 0.25) is 0 Å². The molecule has 1 atom stereocenters. The average Bonchev–Trinajstić information content (AvgIpc) is 3.15.